The lowest BCUT2D eigenvalue weighted by atomic mass is 9.92. The van der Waals surface area contributed by atoms with Crippen LogP contribution in [0.2, 0.25) is 0 Å². The first-order valence-corrected chi connectivity index (χ1v) is 8.54. The molecule has 2 heterocycles. The molecule has 1 saturated heterocycles. The lowest BCUT2D eigenvalue weighted by Gasteiger charge is -2.38. The highest BCUT2D eigenvalue weighted by Crippen LogP contribution is 2.40. The molecule has 2 N–H and O–H groups in total. The van der Waals surface area contributed by atoms with Gasteiger partial charge in [0, 0.05) is 16.8 Å². The van der Waals surface area contributed by atoms with Gasteiger partial charge in [-0.1, -0.05) is 12.1 Å². The minimum atomic E-state index is -0.548. The van der Waals surface area contributed by atoms with Crippen molar-refractivity contribution in [2.45, 2.75) is 25.8 Å². The molecule has 3 rings (SSSR count). The first-order chi connectivity index (χ1) is 11.3. The summed E-state index contributed by atoms with van der Waals surface area (Å²) >= 11 is 1.66. The molecule has 0 radical (unpaired) electrons. The van der Waals surface area contributed by atoms with E-state index in [0.29, 0.717) is 6.42 Å². The van der Waals surface area contributed by atoms with Crippen LogP contribution >= 0.6 is 11.3 Å². The molecular formula is C18H21N3O2S. The van der Waals surface area contributed by atoms with E-state index in [-0.39, 0.29) is 11.9 Å². The van der Waals surface area contributed by atoms with E-state index in [0.717, 1.165) is 26.6 Å². The van der Waals surface area contributed by atoms with Crippen LogP contribution in [-0.2, 0) is 10.3 Å². The highest BCUT2D eigenvalue weighted by atomic mass is 32.1. The molecule has 1 aliphatic rings. The largest absolute Gasteiger partial charge is 0.497 e. The molecule has 0 saturated carbocycles. The second-order valence-corrected chi connectivity index (χ2v) is 7.34. The number of nitrogens with zero attached hydrogens (tertiary/aromatic N) is 1. The molecule has 2 aromatic rings. The van der Waals surface area contributed by atoms with E-state index < -0.39 is 5.54 Å². The summed E-state index contributed by atoms with van der Waals surface area (Å²) in [6, 6.07) is 10.1. The third-order valence-electron chi connectivity index (χ3n) is 4.40. The Balaban J connectivity index is 1.99. The highest BCUT2D eigenvalue weighted by molar-refractivity contribution is 7.15. The van der Waals surface area contributed by atoms with E-state index in [4.69, 9.17) is 10.1 Å². The molecule has 5 nitrogen and oxygen atoms in total. The molecule has 24 heavy (non-hydrogen) atoms. The Morgan fingerprint density at radius 2 is 2.12 bits per heavy atom. The zero-order valence-corrected chi connectivity index (χ0v) is 15.1. The van der Waals surface area contributed by atoms with Crippen LogP contribution in [0.3, 0.4) is 0 Å². The molecule has 0 spiro atoms. The number of carbonyl (C=O) groups is 1. The molecule has 6 heteroatoms. The number of guanidine groups is 1. The summed E-state index contributed by atoms with van der Waals surface area (Å²) in [7, 11) is 3.28. The zero-order valence-electron chi connectivity index (χ0n) is 14.3. The lowest BCUT2D eigenvalue weighted by Crippen LogP contribution is -2.57. The average molecular weight is 343 g/mol. The standard InChI is InChI=1S/C18H21N3O2S/c1-11-8-14(18(2)10-15(22)21(3)17(19)20-18)24-16(11)12-6-5-7-13(9-12)23-4/h5-9H,10H2,1-4H3,(H2,19,20). The van der Waals surface area contributed by atoms with Gasteiger partial charge in [-0.2, -0.15) is 0 Å². The van der Waals surface area contributed by atoms with Crippen LogP contribution in [0, 0.1) is 12.3 Å². The molecule has 1 aliphatic heterocycles. The molecule has 1 atom stereocenters. The number of ether oxygens (including phenoxy) is 1. The minimum absolute atomic E-state index is 0.0461. The fourth-order valence-electron chi connectivity index (χ4n) is 2.89. The van der Waals surface area contributed by atoms with Crippen molar-refractivity contribution in [2.75, 3.05) is 14.2 Å². The predicted octanol–water partition coefficient (Wildman–Crippen LogP) is 3.33. The van der Waals surface area contributed by atoms with E-state index in [1.54, 1.807) is 25.5 Å². The van der Waals surface area contributed by atoms with Gasteiger partial charge in [-0.25, -0.2) is 0 Å². The smallest absolute Gasteiger partial charge is 0.231 e. The van der Waals surface area contributed by atoms with Gasteiger partial charge in [0.15, 0.2) is 5.96 Å². The van der Waals surface area contributed by atoms with Crippen molar-refractivity contribution in [3.8, 4) is 16.2 Å². The van der Waals surface area contributed by atoms with Gasteiger partial charge in [-0.05, 0) is 43.2 Å². The number of amides is 1. The Morgan fingerprint density at radius 3 is 2.79 bits per heavy atom. The van der Waals surface area contributed by atoms with Crippen LogP contribution in [0.5, 0.6) is 5.75 Å². The van der Waals surface area contributed by atoms with E-state index >= 15 is 0 Å². The van der Waals surface area contributed by atoms with Crippen molar-refractivity contribution in [1.29, 1.82) is 5.41 Å². The number of carbonyl (C=O) groups excluding carboxylic acids is 1. The summed E-state index contributed by atoms with van der Waals surface area (Å²) in [5.74, 6) is 0.917. The maximum Gasteiger partial charge on any atom is 0.231 e. The molecular weight excluding hydrogens is 322 g/mol. The normalized spacial score (nSPS) is 20.9. The quantitative estimate of drug-likeness (QED) is 0.898. The predicted molar refractivity (Wildman–Crippen MR) is 96.6 cm³/mol. The number of methoxy groups -OCH3 is 1. The van der Waals surface area contributed by atoms with Crippen molar-refractivity contribution < 1.29 is 9.53 Å². The molecule has 0 bridgehead atoms. The number of benzene rings is 1. The van der Waals surface area contributed by atoms with E-state index in [1.807, 2.05) is 25.1 Å². The fourth-order valence-corrected chi connectivity index (χ4v) is 4.16. The summed E-state index contributed by atoms with van der Waals surface area (Å²) in [5, 5.41) is 11.2. The first kappa shape index (κ1) is 16.5. The number of aryl methyl sites for hydroxylation is 1. The van der Waals surface area contributed by atoms with Gasteiger partial charge in [0.25, 0.3) is 0 Å². The van der Waals surface area contributed by atoms with Crippen molar-refractivity contribution in [3.63, 3.8) is 0 Å². The molecule has 126 valence electrons. The van der Waals surface area contributed by atoms with Crippen LogP contribution < -0.4 is 10.1 Å². The van der Waals surface area contributed by atoms with Gasteiger partial charge >= 0.3 is 0 Å². The zero-order chi connectivity index (χ0) is 17.5. The van der Waals surface area contributed by atoms with Gasteiger partial charge in [0.1, 0.15) is 5.75 Å². The van der Waals surface area contributed by atoms with Crippen molar-refractivity contribution in [3.05, 3.63) is 40.8 Å². The van der Waals surface area contributed by atoms with Gasteiger partial charge in [-0.3, -0.25) is 15.1 Å². The molecule has 0 aliphatic carbocycles. The summed E-state index contributed by atoms with van der Waals surface area (Å²) in [6.45, 7) is 4.05. The van der Waals surface area contributed by atoms with Crippen LogP contribution in [0.1, 0.15) is 23.8 Å². The van der Waals surface area contributed by atoms with E-state index in [2.05, 4.69) is 24.4 Å². The van der Waals surface area contributed by atoms with Gasteiger partial charge in [-0.15, -0.1) is 11.3 Å². The first-order valence-electron chi connectivity index (χ1n) is 7.72. The molecule has 1 amide bonds. The molecule has 1 aromatic carbocycles. The Morgan fingerprint density at radius 1 is 1.38 bits per heavy atom. The van der Waals surface area contributed by atoms with Crippen molar-refractivity contribution in [2.24, 2.45) is 0 Å². The van der Waals surface area contributed by atoms with Gasteiger partial charge < -0.3 is 10.1 Å². The summed E-state index contributed by atoms with van der Waals surface area (Å²) in [6.07, 6.45) is 0.337. The number of rotatable bonds is 3. The van der Waals surface area contributed by atoms with Crippen LogP contribution in [0.15, 0.2) is 30.3 Å². The number of thiophene rings is 1. The second kappa shape index (κ2) is 5.94. The minimum Gasteiger partial charge on any atom is -0.497 e. The third-order valence-corrected chi connectivity index (χ3v) is 5.95. The number of hydrogen-bond acceptors (Lipinski definition) is 4. The Bertz CT molecular complexity index is 794. The Kier molecular flexibility index (Phi) is 4.09. The number of nitrogens with one attached hydrogen (secondary N) is 2. The van der Waals surface area contributed by atoms with E-state index in [9.17, 15) is 4.79 Å². The molecule has 1 unspecified atom stereocenters. The fraction of sp³-hybridized carbons (Fsp3) is 0.333. The highest BCUT2D eigenvalue weighted by Gasteiger charge is 2.39. The SMILES string of the molecule is COc1cccc(-c2sc(C3(C)CC(=O)N(C)C(=N)N3)cc2C)c1. The summed E-state index contributed by atoms with van der Waals surface area (Å²) in [4.78, 5) is 15.7. The second-order valence-electron chi connectivity index (χ2n) is 6.29. The summed E-state index contributed by atoms with van der Waals surface area (Å²) < 4.78 is 5.31. The van der Waals surface area contributed by atoms with E-state index in [1.165, 1.54) is 4.90 Å². The Labute approximate surface area is 145 Å². The van der Waals surface area contributed by atoms with Gasteiger partial charge in [0.2, 0.25) is 5.91 Å². The monoisotopic (exact) mass is 343 g/mol. The molecule has 1 fully saturated rings. The maximum absolute atomic E-state index is 12.2. The van der Waals surface area contributed by atoms with Crippen LogP contribution in [-0.4, -0.2) is 30.9 Å². The van der Waals surface area contributed by atoms with Crippen molar-refractivity contribution >= 4 is 23.2 Å². The number of hydrogen-bond donors (Lipinski definition) is 2. The topological polar surface area (TPSA) is 65.4 Å². The average Bonchev–Trinajstić information content (AvgIpc) is 2.95. The van der Waals surface area contributed by atoms with Crippen LogP contribution in [0.25, 0.3) is 10.4 Å². The lowest BCUT2D eigenvalue weighted by molar-refractivity contribution is -0.129. The third kappa shape index (κ3) is 2.78. The van der Waals surface area contributed by atoms with Crippen molar-refractivity contribution in [1.82, 2.24) is 10.2 Å². The summed E-state index contributed by atoms with van der Waals surface area (Å²) in [5.41, 5.74) is 1.71. The van der Waals surface area contributed by atoms with Gasteiger partial charge in [0.05, 0.1) is 19.1 Å². The molecule has 1 aromatic heterocycles. The Hall–Kier alpha value is -2.34. The van der Waals surface area contributed by atoms with Crippen LogP contribution in [0.4, 0.5) is 0 Å². The maximum atomic E-state index is 12.2.